The van der Waals surface area contributed by atoms with E-state index in [1.165, 1.54) is 0 Å². The summed E-state index contributed by atoms with van der Waals surface area (Å²) in [6.45, 7) is 13.8. The second kappa shape index (κ2) is 7.35. The van der Waals surface area contributed by atoms with E-state index in [9.17, 15) is 4.79 Å². The Morgan fingerprint density at radius 2 is 2.17 bits per heavy atom. The van der Waals surface area contributed by atoms with Crippen LogP contribution in [-0.4, -0.2) is 36.6 Å². The molecule has 0 fully saturated rings. The lowest BCUT2D eigenvalue weighted by molar-refractivity contribution is 0.0757. The summed E-state index contributed by atoms with van der Waals surface area (Å²) in [5.41, 5.74) is 1.44. The van der Waals surface area contributed by atoms with E-state index >= 15 is 0 Å². The van der Waals surface area contributed by atoms with Crippen molar-refractivity contribution in [3.63, 3.8) is 0 Å². The van der Waals surface area contributed by atoms with Crippen molar-refractivity contribution < 1.29 is 14.3 Å². The largest absolute Gasteiger partial charge is 0.492 e. The zero-order valence-electron chi connectivity index (χ0n) is 14.9. The first-order chi connectivity index (χ1) is 10.9. The molecule has 1 heterocycles. The van der Waals surface area contributed by atoms with Gasteiger partial charge in [0.15, 0.2) is 0 Å². The molecule has 0 bridgehead atoms. The summed E-state index contributed by atoms with van der Waals surface area (Å²) in [5, 5.41) is 0. The van der Waals surface area contributed by atoms with E-state index in [1.54, 1.807) is 6.47 Å². The first-order valence-corrected chi connectivity index (χ1v) is 8.46. The van der Waals surface area contributed by atoms with Crippen molar-refractivity contribution in [1.29, 1.82) is 0 Å². The Kier molecular flexibility index (Phi) is 5.69. The molecule has 1 radical (unpaired) electrons. The van der Waals surface area contributed by atoms with Crippen molar-refractivity contribution >= 4 is 6.47 Å². The van der Waals surface area contributed by atoms with Gasteiger partial charge in [0.25, 0.3) is 0 Å². The van der Waals surface area contributed by atoms with Crippen molar-refractivity contribution in [3.05, 3.63) is 29.3 Å². The van der Waals surface area contributed by atoms with Crippen LogP contribution in [0.5, 0.6) is 5.75 Å². The molecule has 127 valence electrons. The van der Waals surface area contributed by atoms with Crippen molar-refractivity contribution in [2.45, 2.75) is 65.1 Å². The number of carbonyl (C=O) groups excluding carboxylic acids is 1. The van der Waals surface area contributed by atoms with Crippen molar-refractivity contribution in [2.75, 3.05) is 13.2 Å². The Balaban J connectivity index is 2.33. The minimum Gasteiger partial charge on any atom is -0.492 e. The fourth-order valence-corrected chi connectivity index (χ4v) is 3.45. The summed E-state index contributed by atoms with van der Waals surface area (Å²) in [5.74, 6) is 0.904. The highest BCUT2D eigenvalue weighted by Crippen LogP contribution is 2.36. The van der Waals surface area contributed by atoms with Gasteiger partial charge >= 0.3 is 6.47 Å². The molecule has 0 aromatic heterocycles. The van der Waals surface area contributed by atoms with Crippen LogP contribution in [0.4, 0.5) is 0 Å². The molecule has 0 aliphatic carbocycles. The maximum Gasteiger partial charge on any atom is 0.418 e. The minimum absolute atomic E-state index is 0.347. The van der Waals surface area contributed by atoms with Gasteiger partial charge in [-0.3, -0.25) is 4.90 Å². The number of hydrogen-bond donors (Lipinski definition) is 0. The van der Waals surface area contributed by atoms with Gasteiger partial charge in [-0.1, -0.05) is 19.1 Å². The molecule has 4 heteroatoms. The van der Waals surface area contributed by atoms with Gasteiger partial charge in [-0.25, -0.2) is 4.79 Å². The highest BCUT2D eigenvalue weighted by atomic mass is 16.5. The molecule has 1 aliphatic heterocycles. The number of ether oxygens (including phenoxy) is 2. The highest BCUT2D eigenvalue weighted by Gasteiger charge is 2.33. The van der Waals surface area contributed by atoms with E-state index in [0.717, 1.165) is 36.3 Å². The van der Waals surface area contributed by atoms with Crippen molar-refractivity contribution in [2.24, 2.45) is 0 Å². The van der Waals surface area contributed by atoms with Gasteiger partial charge in [0.1, 0.15) is 18.0 Å². The van der Waals surface area contributed by atoms with Gasteiger partial charge in [0, 0.05) is 23.2 Å². The first-order valence-electron chi connectivity index (χ1n) is 8.46. The molecular weight excluding hydrogens is 290 g/mol. The minimum atomic E-state index is -0.703. The van der Waals surface area contributed by atoms with Crippen molar-refractivity contribution in [1.82, 2.24) is 4.90 Å². The molecular formula is C19H28NO3. The standard InChI is InChI=1S/C19H28NO3/c1-6-10-20(14(2)3)15-11-16-17(19(4,5)23-13-21)8-7-9-18(16)22-12-15/h7-9,14-15H,6,10-12H2,1-5H3/t15-/m1/s1. The average Bonchev–Trinajstić information content (AvgIpc) is 2.51. The molecule has 0 saturated carbocycles. The summed E-state index contributed by atoms with van der Waals surface area (Å²) in [7, 11) is 0. The van der Waals surface area contributed by atoms with E-state index in [-0.39, 0.29) is 0 Å². The number of hydrogen-bond acceptors (Lipinski definition) is 4. The van der Waals surface area contributed by atoms with Crippen LogP contribution < -0.4 is 4.74 Å². The van der Waals surface area contributed by atoms with Gasteiger partial charge in [-0.05, 0) is 53.1 Å². The second-order valence-electron chi connectivity index (χ2n) is 6.98. The number of benzene rings is 1. The number of nitrogens with zero attached hydrogens (tertiary/aromatic N) is 1. The molecule has 1 aromatic carbocycles. The SMILES string of the molecule is CCCN(C(C)C)[C@H]1COc2cccc(C(C)(C)O[C]=O)c2C1. The van der Waals surface area contributed by atoms with Crippen LogP contribution in [0.1, 0.15) is 52.2 Å². The maximum absolute atomic E-state index is 10.7. The quantitative estimate of drug-likeness (QED) is 0.772. The van der Waals surface area contributed by atoms with Crippen LogP contribution in [0.2, 0.25) is 0 Å². The highest BCUT2D eigenvalue weighted by molar-refractivity contribution is 5.47. The normalized spacial score (nSPS) is 17.8. The molecule has 1 atom stereocenters. The van der Waals surface area contributed by atoms with Crippen LogP contribution in [0.25, 0.3) is 0 Å². The third kappa shape index (κ3) is 3.86. The third-order valence-corrected chi connectivity index (χ3v) is 4.56. The molecule has 23 heavy (non-hydrogen) atoms. The predicted octanol–water partition coefficient (Wildman–Crippen LogP) is 3.43. The fraction of sp³-hybridized carbons (Fsp3) is 0.632. The Morgan fingerprint density at radius 1 is 1.43 bits per heavy atom. The van der Waals surface area contributed by atoms with Crippen LogP contribution in [0.3, 0.4) is 0 Å². The van der Waals surface area contributed by atoms with Gasteiger partial charge in [0.2, 0.25) is 0 Å². The lowest BCUT2D eigenvalue weighted by Gasteiger charge is -2.39. The zero-order chi connectivity index (χ0) is 17.0. The Morgan fingerprint density at radius 3 is 2.78 bits per heavy atom. The van der Waals surface area contributed by atoms with E-state index in [1.807, 2.05) is 32.0 Å². The summed E-state index contributed by atoms with van der Waals surface area (Å²) < 4.78 is 11.2. The molecule has 1 aromatic rings. The van der Waals surface area contributed by atoms with Crippen molar-refractivity contribution in [3.8, 4) is 5.75 Å². The second-order valence-corrected chi connectivity index (χ2v) is 6.98. The topological polar surface area (TPSA) is 38.8 Å². The third-order valence-electron chi connectivity index (χ3n) is 4.56. The van der Waals surface area contributed by atoms with Crippen LogP contribution in [0.15, 0.2) is 18.2 Å². The van der Waals surface area contributed by atoms with Gasteiger partial charge in [-0.15, -0.1) is 0 Å². The fourth-order valence-electron chi connectivity index (χ4n) is 3.45. The molecule has 0 saturated heterocycles. The van der Waals surface area contributed by atoms with Gasteiger partial charge in [0.05, 0.1) is 0 Å². The molecule has 2 rings (SSSR count). The molecule has 0 amide bonds. The predicted molar refractivity (Wildman–Crippen MR) is 91.4 cm³/mol. The summed E-state index contributed by atoms with van der Waals surface area (Å²) in [6, 6.07) is 6.79. The average molecular weight is 318 g/mol. The number of rotatable bonds is 7. The summed E-state index contributed by atoms with van der Waals surface area (Å²) in [6.07, 6.45) is 2.03. The lowest BCUT2D eigenvalue weighted by Crippen LogP contribution is -2.47. The molecule has 0 spiro atoms. The van der Waals surface area contributed by atoms with E-state index in [2.05, 4.69) is 25.7 Å². The molecule has 1 aliphatic rings. The monoisotopic (exact) mass is 318 g/mol. The lowest BCUT2D eigenvalue weighted by atomic mass is 9.87. The molecule has 4 nitrogen and oxygen atoms in total. The van der Waals surface area contributed by atoms with E-state index < -0.39 is 5.60 Å². The van der Waals surface area contributed by atoms with E-state index in [0.29, 0.717) is 18.7 Å². The van der Waals surface area contributed by atoms with Crippen LogP contribution in [0, 0.1) is 0 Å². The smallest absolute Gasteiger partial charge is 0.418 e. The maximum atomic E-state index is 10.7. The Hall–Kier alpha value is -1.55. The van der Waals surface area contributed by atoms with Crippen LogP contribution in [-0.2, 0) is 21.6 Å². The van der Waals surface area contributed by atoms with Gasteiger partial charge < -0.3 is 9.47 Å². The zero-order valence-corrected chi connectivity index (χ0v) is 14.9. The molecule has 0 unspecified atom stereocenters. The Bertz CT molecular complexity index is 539. The first kappa shape index (κ1) is 17.8. The molecule has 0 N–H and O–H groups in total. The Labute approximate surface area is 139 Å². The van der Waals surface area contributed by atoms with Gasteiger partial charge in [-0.2, -0.15) is 0 Å². The van der Waals surface area contributed by atoms with Crippen LogP contribution >= 0.6 is 0 Å². The number of fused-ring (bicyclic) bond motifs is 1. The summed E-state index contributed by atoms with van der Waals surface area (Å²) in [4.78, 5) is 13.2. The van der Waals surface area contributed by atoms with E-state index in [4.69, 9.17) is 9.47 Å². The summed E-state index contributed by atoms with van der Waals surface area (Å²) >= 11 is 0.